The Balaban J connectivity index is 2.14. The zero-order valence-electron chi connectivity index (χ0n) is 12.8. The Hall–Kier alpha value is -0.270. The molecule has 2 saturated heterocycles. The predicted molar refractivity (Wildman–Crippen MR) is 74.7 cm³/mol. The first-order valence-corrected chi connectivity index (χ1v) is 8.63. The highest BCUT2D eigenvalue weighted by Crippen LogP contribution is 2.51. The lowest BCUT2D eigenvalue weighted by molar-refractivity contribution is -0.206. The summed E-state index contributed by atoms with van der Waals surface area (Å²) < 4.78 is 39.2. The fraction of sp³-hybridized carbons (Fsp3) is 0.846. The second-order valence-corrected chi connectivity index (χ2v) is 7.31. The van der Waals surface area contributed by atoms with Crippen LogP contribution in [0.25, 0.3) is 0 Å². The van der Waals surface area contributed by atoms with E-state index in [9.17, 15) is 9.67 Å². The molecule has 1 N–H and O–H groups in total. The van der Waals surface area contributed by atoms with Crippen molar-refractivity contribution in [1.82, 2.24) is 0 Å². The quantitative estimate of drug-likeness (QED) is 0.749. The van der Waals surface area contributed by atoms with Gasteiger partial charge in [0.2, 0.25) is 0 Å². The zero-order chi connectivity index (χ0) is 15.7. The number of rotatable bonds is 6. The Bertz CT molecular complexity index is 440. The van der Waals surface area contributed by atoms with Gasteiger partial charge in [-0.25, -0.2) is 0 Å². The maximum absolute atomic E-state index is 12.4. The first kappa shape index (κ1) is 17.1. The van der Waals surface area contributed by atoms with E-state index in [1.807, 2.05) is 0 Å². The summed E-state index contributed by atoms with van der Waals surface area (Å²) in [6.07, 6.45) is 0.0443. The molecule has 0 aliphatic carbocycles. The van der Waals surface area contributed by atoms with Gasteiger partial charge in [-0.05, 0) is 33.8 Å². The van der Waals surface area contributed by atoms with E-state index in [1.54, 1.807) is 27.7 Å². The van der Waals surface area contributed by atoms with E-state index in [-0.39, 0.29) is 19.8 Å². The Morgan fingerprint density at radius 3 is 2.48 bits per heavy atom. The van der Waals surface area contributed by atoms with Crippen LogP contribution in [0.5, 0.6) is 0 Å². The number of hydrogen-bond acceptors (Lipinski definition) is 7. The largest absolute Gasteiger partial charge is 0.380 e. The normalized spacial score (nSPS) is 35.5. The van der Waals surface area contributed by atoms with E-state index in [0.29, 0.717) is 0 Å². The standard InChI is InChI=1S/C13H23O7P/c1-5-17-21(15,18-6-2)8-7-13(14)9-16-11-10(13)19-12(3,4)20-11/h7-8,10-11,14H,5-6,9H2,1-4H3/b8-7+/t10-,11+,13+/m0/s1. The molecule has 0 saturated carbocycles. The van der Waals surface area contributed by atoms with Crippen LogP contribution < -0.4 is 0 Å². The van der Waals surface area contributed by atoms with Crippen molar-refractivity contribution in [2.24, 2.45) is 0 Å². The topological polar surface area (TPSA) is 83.5 Å². The first-order valence-electron chi connectivity index (χ1n) is 7.02. The molecule has 7 nitrogen and oxygen atoms in total. The molecule has 2 aliphatic heterocycles. The Morgan fingerprint density at radius 2 is 1.90 bits per heavy atom. The van der Waals surface area contributed by atoms with Crippen molar-refractivity contribution in [3.63, 3.8) is 0 Å². The van der Waals surface area contributed by atoms with Gasteiger partial charge in [-0.1, -0.05) is 0 Å². The van der Waals surface area contributed by atoms with Crippen molar-refractivity contribution in [2.75, 3.05) is 19.8 Å². The minimum Gasteiger partial charge on any atom is -0.380 e. The van der Waals surface area contributed by atoms with Gasteiger partial charge < -0.3 is 28.4 Å². The minimum absolute atomic E-state index is 0.00678. The molecule has 21 heavy (non-hydrogen) atoms. The van der Waals surface area contributed by atoms with Crippen LogP contribution >= 0.6 is 7.60 Å². The van der Waals surface area contributed by atoms with Gasteiger partial charge in [0.1, 0.15) is 11.7 Å². The second-order valence-electron chi connectivity index (χ2n) is 5.42. The van der Waals surface area contributed by atoms with E-state index in [1.165, 1.54) is 11.9 Å². The third-order valence-electron chi connectivity index (χ3n) is 3.19. The SMILES string of the molecule is CCOP(=O)(/C=C/[C@@]1(O)CO[C@@H]2OC(C)(C)O[C@@H]21)OCC. The van der Waals surface area contributed by atoms with Crippen molar-refractivity contribution in [1.29, 1.82) is 0 Å². The van der Waals surface area contributed by atoms with E-state index >= 15 is 0 Å². The summed E-state index contributed by atoms with van der Waals surface area (Å²) in [5.41, 5.74) is -1.43. The lowest BCUT2D eigenvalue weighted by atomic mass is 10.0. The predicted octanol–water partition coefficient (Wildman–Crippen LogP) is 2.01. The van der Waals surface area contributed by atoms with Crippen LogP contribution in [0.2, 0.25) is 0 Å². The Morgan fingerprint density at radius 1 is 1.29 bits per heavy atom. The van der Waals surface area contributed by atoms with Crippen LogP contribution in [0.4, 0.5) is 0 Å². The summed E-state index contributed by atoms with van der Waals surface area (Å²) in [5, 5.41) is 10.6. The Kier molecular flexibility index (Phi) is 4.95. The van der Waals surface area contributed by atoms with Crippen molar-refractivity contribution < 1.29 is 32.9 Å². The second kappa shape index (κ2) is 6.08. The van der Waals surface area contributed by atoms with Gasteiger partial charge in [0.15, 0.2) is 12.1 Å². The molecule has 0 radical (unpaired) electrons. The third-order valence-corrected chi connectivity index (χ3v) is 4.94. The summed E-state index contributed by atoms with van der Waals surface area (Å²) in [5.74, 6) is 0.432. The molecule has 0 aromatic carbocycles. The van der Waals surface area contributed by atoms with Crippen molar-refractivity contribution >= 4 is 7.60 Å². The fourth-order valence-electron chi connectivity index (χ4n) is 2.33. The number of ether oxygens (including phenoxy) is 3. The molecular weight excluding hydrogens is 299 g/mol. The van der Waals surface area contributed by atoms with Crippen LogP contribution in [-0.4, -0.2) is 48.7 Å². The summed E-state index contributed by atoms with van der Waals surface area (Å²) in [6.45, 7) is 7.41. The highest BCUT2D eigenvalue weighted by Gasteiger charge is 2.57. The lowest BCUT2D eigenvalue weighted by Gasteiger charge is -2.25. The average Bonchev–Trinajstić information content (AvgIpc) is 2.84. The molecule has 8 heteroatoms. The average molecular weight is 322 g/mol. The molecule has 0 unspecified atom stereocenters. The van der Waals surface area contributed by atoms with E-state index < -0.39 is 31.4 Å². The van der Waals surface area contributed by atoms with E-state index in [4.69, 9.17) is 23.3 Å². The molecule has 0 aromatic heterocycles. The molecule has 2 fully saturated rings. The minimum atomic E-state index is -3.38. The molecule has 0 amide bonds. The maximum atomic E-state index is 12.4. The van der Waals surface area contributed by atoms with Gasteiger partial charge in [-0.15, -0.1) is 0 Å². The monoisotopic (exact) mass is 322 g/mol. The molecule has 2 heterocycles. The molecule has 2 aliphatic rings. The number of aliphatic hydroxyl groups is 1. The van der Waals surface area contributed by atoms with E-state index in [0.717, 1.165) is 0 Å². The zero-order valence-corrected chi connectivity index (χ0v) is 13.7. The molecule has 0 bridgehead atoms. The van der Waals surface area contributed by atoms with Gasteiger partial charge in [-0.3, -0.25) is 4.57 Å². The molecular formula is C13H23O7P. The fourth-order valence-corrected chi connectivity index (χ4v) is 3.74. The summed E-state index contributed by atoms with van der Waals surface area (Å²) >= 11 is 0. The molecule has 3 atom stereocenters. The van der Waals surface area contributed by atoms with Gasteiger partial charge in [-0.2, -0.15) is 0 Å². The van der Waals surface area contributed by atoms with Crippen LogP contribution in [0.3, 0.4) is 0 Å². The first-order chi connectivity index (χ1) is 9.74. The van der Waals surface area contributed by atoms with Crippen molar-refractivity contribution in [3.8, 4) is 0 Å². The van der Waals surface area contributed by atoms with Crippen molar-refractivity contribution in [2.45, 2.75) is 51.5 Å². The highest BCUT2D eigenvalue weighted by atomic mass is 31.2. The van der Waals surface area contributed by atoms with Gasteiger partial charge in [0.05, 0.1) is 19.8 Å². The van der Waals surface area contributed by atoms with Gasteiger partial charge in [0, 0.05) is 5.82 Å². The summed E-state index contributed by atoms with van der Waals surface area (Å²) in [7, 11) is -3.38. The van der Waals surface area contributed by atoms with E-state index in [2.05, 4.69) is 0 Å². The highest BCUT2D eigenvalue weighted by molar-refractivity contribution is 7.57. The summed E-state index contributed by atoms with van der Waals surface area (Å²) in [4.78, 5) is 0. The maximum Gasteiger partial charge on any atom is 0.353 e. The molecule has 0 aromatic rings. The van der Waals surface area contributed by atoms with Crippen LogP contribution in [-0.2, 0) is 27.8 Å². The molecule has 122 valence electrons. The Labute approximate surface area is 124 Å². The van der Waals surface area contributed by atoms with Crippen LogP contribution in [0.15, 0.2) is 11.9 Å². The smallest absolute Gasteiger partial charge is 0.353 e. The van der Waals surface area contributed by atoms with Gasteiger partial charge in [0.25, 0.3) is 0 Å². The van der Waals surface area contributed by atoms with Crippen molar-refractivity contribution in [3.05, 3.63) is 11.9 Å². The van der Waals surface area contributed by atoms with Crippen LogP contribution in [0.1, 0.15) is 27.7 Å². The third kappa shape index (κ3) is 3.74. The number of fused-ring (bicyclic) bond motifs is 1. The van der Waals surface area contributed by atoms with Gasteiger partial charge >= 0.3 is 7.60 Å². The lowest BCUT2D eigenvalue weighted by Crippen LogP contribution is -2.42. The number of hydrogen-bond donors (Lipinski definition) is 1. The summed E-state index contributed by atoms with van der Waals surface area (Å²) in [6, 6.07) is 0. The molecule has 2 rings (SSSR count). The van der Waals surface area contributed by atoms with Crippen LogP contribution in [0, 0.1) is 0 Å². The molecule has 0 spiro atoms.